The van der Waals surface area contributed by atoms with Crippen molar-refractivity contribution in [1.29, 1.82) is 0 Å². The highest BCUT2D eigenvalue weighted by Gasteiger charge is 2.29. The Kier molecular flexibility index (Phi) is 4.83. The standard InChI is InChI=1S/C14H17N3OS.ClH/c1-16-10-11(9-15-16)12-5-2-3-7-17(12)14(18)13-6-4-8-19-13;/h4,6,8-10,12H,2-3,5,7H2,1H3;1H. The van der Waals surface area contributed by atoms with Crippen LogP contribution >= 0.6 is 23.7 Å². The lowest BCUT2D eigenvalue weighted by Gasteiger charge is -2.35. The van der Waals surface area contributed by atoms with Crippen molar-refractivity contribution in [3.05, 3.63) is 40.3 Å². The number of carbonyl (C=O) groups excluding carboxylic acids is 1. The van der Waals surface area contributed by atoms with Crippen LogP contribution in [0, 0.1) is 0 Å². The number of aryl methyl sites for hydroxylation is 1. The molecule has 1 fully saturated rings. The van der Waals surface area contributed by atoms with E-state index in [4.69, 9.17) is 0 Å². The lowest BCUT2D eigenvalue weighted by molar-refractivity contribution is 0.0616. The van der Waals surface area contributed by atoms with Crippen LogP contribution in [0.4, 0.5) is 0 Å². The van der Waals surface area contributed by atoms with Crippen LogP contribution in [0.1, 0.15) is 40.5 Å². The van der Waals surface area contributed by atoms with Gasteiger partial charge in [-0.2, -0.15) is 5.10 Å². The molecule has 1 amide bonds. The van der Waals surface area contributed by atoms with Crippen LogP contribution in [0.3, 0.4) is 0 Å². The molecule has 1 unspecified atom stereocenters. The van der Waals surface area contributed by atoms with Crippen LogP contribution in [-0.2, 0) is 7.05 Å². The van der Waals surface area contributed by atoms with Crippen LogP contribution in [0.15, 0.2) is 29.9 Å². The van der Waals surface area contributed by atoms with E-state index in [9.17, 15) is 4.79 Å². The van der Waals surface area contributed by atoms with Crippen molar-refractivity contribution in [2.45, 2.75) is 25.3 Å². The molecule has 4 nitrogen and oxygen atoms in total. The van der Waals surface area contributed by atoms with Crippen LogP contribution in [0.2, 0.25) is 0 Å². The summed E-state index contributed by atoms with van der Waals surface area (Å²) < 4.78 is 1.80. The number of hydrogen-bond donors (Lipinski definition) is 0. The number of aromatic nitrogens is 2. The van der Waals surface area contributed by atoms with Gasteiger partial charge < -0.3 is 4.90 Å². The summed E-state index contributed by atoms with van der Waals surface area (Å²) in [4.78, 5) is 15.4. The first-order chi connectivity index (χ1) is 9.25. The largest absolute Gasteiger partial charge is 0.331 e. The molecule has 0 aliphatic carbocycles. The normalized spacial score (nSPS) is 18.6. The Morgan fingerprint density at radius 1 is 1.45 bits per heavy atom. The molecule has 0 spiro atoms. The van der Waals surface area contributed by atoms with Crippen molar-refractivity contribution < 1.29 is 4.79 Å². The summed E-state index contributed by atoms with van der Waals surface area (Å²) in [5.74, 6) is 0.156. The highest BCUT2D eigenvalue weighted by atomic mass is 35.5. The molecule has 0 N–H and O–H groups in total. The van der Waals surface area contributed by atoms with E-state index in [0.29, 0.717) is 0 Å². The molecule has 1 atom stereocenters. The highest BCUT2D eigenvalue weighted by Crippen LogP contribution is 2.32. The summed E-state index contributed by atoms with van der Waals surface area (Å²) in [7, 11) is 1.91. The monoisotopic (exact) mass is 311 g/mol. The predicted molar refractivity (Wildman–Crippen MR) is 82.4 cm³/mol. The first-order valence-electron chi connectivity index (χ1n) is 6.59. The Morgan fingerprint density at radius 2 is 2.30 bits per heavy atom. The van der Waals surface area contributed by atoms with Crippen LogP contribution in [-0.4, -0.2) is 27.1 Å². The molecule has 108 valence electrons. The van der Waals surface area contributed by atoms with E-state index in [1.54, 1.807) is 4.68 Å². The second-order valence-electron chi connectivity index (χ2n) is 4.93. The number of piperidine rings is 1. The van der Waals surface area contributed by atoms with Gasteiger partial charge >= 0.3 is 0 Å². The molecule has 2 aromatic heterocycles. The first-order valence-corrected chi connectivity index (χ1v) is 7.46. The summed E-state index contributed by atoms with van der Waals surface area (Å²) >= 11 is 1.52. The maximum absolute atomic E-state index is 12.6. The number of rotatable bonds is 2. The van der Waals surface area contributed by atoms with E-state index in [1.165, 1.54) is 17.8 Å². The molecular formula is C14H18ClN3OS. The molecule has 0 aromatic carbocycles. The molecule has 1 saturated heterocycles. The number of carbonyl (C=O) groups is 1. The second-order valence-corrected chi connectivity index (χ2v) is 5.88. The van der Waals surface area contributed by atoms with Gasteiger partial charge in [0.15, 0.2) is 0 Å². The Hall–Kier alpha value is -1.33. The van der Waals surface area contributed by atoms with Gasteiger partial charge in [-0.3, -0.25) is 9.48 Å². The number of nitrogens with zero attached hydrogens (tertiary/aromatic N) is 3. The minimum atomic E-state index is 0. The second kappa shape index (κ2) is 6.41. The maximum Gasteiger partial charge on any atom is 0.264 e. The van der Waals surface area contributed by atoms with E-state index in [2.05, 4.69) is 5.10 Å². The molecule has 0 bridgehead atoms. The number of halogens is 1. The number of thiophene rings is 1. The fourth-order valence-corrected chi connectivity index (χ4v) is 3.35. The third-order valence-corrected chi connectivity index (χ3v) is 4.46. The van der Waals surface area contributed by atoms with Gasteiger partial charge in [0, 0.05) is 25.4 Å². The SMILES string of the molecule is Cl.Cn1cc(C2CCCCN2C(=O)c2cccs2)cn1. The molecule has 6 heteroatoms. The van der Waals surface area contributed by atoms with E-state index >= 15 is 0 Å². The summed E-state index contributed by atoms with van der Waals surface area (Å²) in [6.45, 7) is 0.844. The minimum absolute atomic E-state index is 0. The van der Waals surface area contributed by atoms with Gasteiger partial charge in [-0.05, 0) is 30.7 Å². The number of amides is 1. The Bertz CT molecular complexity index is 567. The average Bonchev–Trinajstić information content (AvgIpc) is 3.09. The van der Waals surface area contributed by atoms with Gasteiger partial charge in [-0.1, -0.05) is 6.07 Å². The highest BCUT2D eigenvalue weighted by molar-refractivity contribution is 7.12. The molecule has 0 saturated carbocycles. The molecule has 20 heavy (non-hydrogen) atoms. The number of likely N-dealkylation sites (tertiary alicyclic amines) is 1. The molecular weight excluding hydrogens is 294 g/mol. The van der Waals surface area contributed by atoms with Gasteiger partial charge in [0.2, 0.25) is 0 Å². The van der Waals surface area contributed by atoms with E-state index in [1.807, 2.05) is 41.9 Å². The van der Waals surface area contributed by atoms with Gasteiger partial charge in [0.05, 0.1) is 17.1 Å². The quantitative estimate of drug-likeness (QED) is 0.853. The van der Waals surface area contributed by atoms with E-state index < -0.39 is 0 Å². The lowest BCUT2D eigenvalue weighted by Crippen LogP contribution is -2.38. The van der Waals surface area contributed by atoms with Gasteiger partial charge in [0.25, 0.3) is 5.91 Å². The maximum atomic E-state index is 12.6. The average molecular weight is 312 g/mol. The van der Waals surface area contributed by atoms with Crippen molar-refractivity contribution in [2.24, 2.45) is 7.05 Å². The van der Waals surface area contributed by atoms with Crippen molar-refractivity contribution in [1.82, 2.24) is 14.7 Å². The Balaban J connectivity index is 0.00000147. The minimum Gasteiger partial charge on any atom is -0.331 e. The smallest absolute Gasteiger partial charge is 0.264 e. The summed E-state index contributed by atoms with van der Waals surface area (Å²) in [5, 5.41) is 6.18. The van der Waals surface area contributed by atoms with Crippen molar-refractivity contribution >= 4 is 29.7 Å². The van der Waals surface area contributed by atoms with Crippen LogP contribution in [0.25, 0.3) is 0 Å². The molecule has 3 rings (SSSR count). The zero-order valence-corrected chi connectivity index (χ0v) is 13.0. The predicted octanol–water partition coefficient (Wildman–Crippen LogP) is 3.27. The summed E-state index contributed by atoms with van der Waals surface area (Å²) in [5.41, 5.74) is 1.15. The Morgan fingerprint density at radius 3 is 2.95 bits per heavy atom. The van der Waals surface area contributed by atoms with Crippen molar-refractivity contribution in [3.8, 4) is 0 Å². The zero-order valence-electron chi connectivity index (χ0n) is 11.4. The van der Waals surface area contributed by atoms with Gasteiger partial charge in [-0.25, -0.2) is 0 Å². The van der Waals surface area contributed by atoms with Crippen molar-refractivity contribution in [3.63, 3.8) is 0 Å². The Labute approximate surface area is 128 Å². The lowest BCUT2D eigenvalue weighted by atomic mass is 9.97. The van der Waals surface area contributed by atoms with Crippen LogP contribution < -0.4 is 0 Å². The fourth-order valence-electron chi connectivity index (χ4n) is 2.68. The number of hydrogen-bond acceptors (Lipinski definition) is 3. The topological polar surface area (TPSA) is 38.1 Å². The third kappa shape index (κ3) is 2.88. The summed E-state index contributed by atoms with van der Waals surface area (Å²) in [6.07, 6.45) is 7.19. The third-order valence-electron chi connectivity index (χ3n) is 3.61. The molecule has 3 heterocycles. The first kappa shape index (κ1) is 15.1. The van der Waals surface area contributed by atoms with Gasteiger partial charge in [0.1, 0.15) is 0 Å². The van der Waals surface area contributed by atoms with Crippen molar-refractivity contribution in [2.75, 3.05) is 6.54 Å². The molecule has 1 aliphatic heterocycles. The molecule has 2 aromatic rings. The zero-order chi connectivity index (χ0) is 13.2. The van der Waals surface area contributed by atoms with E-state index in [0.717, 1.165) is 29.8 Å². The van der Waals surface area contributed by atoms with E-state index in [-0.39, 0.29) is 24.4 Å². The van der Waals surface area contributed by atoms with Gasteiger partial charge in [-0.15, -0.1) is 23.7 Å². The fraction of sp³-hybridized carbons (Fsp3) is 0.429. The van der Waals surface area contributed by atoms with Crippen LogP contribution in [0.5, 0.6) is 0 Å². The summed E-state index contributed by atoms with van der Waals surface area (Å²) in [6, 6.07) is 4.01. The molecule has 1 aliphatic rings. The molecule has 0 radical (unpaired) electrons.